The van der Waals surface area contributed by atoms with Crippen LogP contribution < -0.4 is 0 Å². The van der Waals surface area contributed by atoms with Crippen LogP contribution in [0.3, 0.4) is 0 Å². The van der Waals surface area contributed by atoms with Crippen molar-refractivity contribution in [3.63, 3.8) is 0 Å². The van der Waals surface area contributed by atoms with Crippen LogP contribution >= 0.6 is 0 Å². The van der Waals surface area contributed by atoms with Crippen molar-refractivity contribution in [3.05, 3.63) is 0 Å². The molecule has 1 aliphatic rings. The fourth-order valence-electron chi connectivity index (χ4n) is 3.57. The molecular weight excluding hydrogens is 273 g/mol. The Bertz CT molecular complexity index is 266. The SMILES string of the molecule is CCCCCCCC(CCCCCC)C1(C(F)(F)F)CC1. The van der Waals surface area contributed by atoms with E-state index in [4.69, 9.17) is 0 Å². The molecule has 0 aromatic carbocycles. The highest BCUT2D eigenvalue weighted by molar-refractivity contribution is 5.03. The second-order valence-corrected chi connectivity index (χ2v) is 6.90. The molecule has 0 bridgehead atoms. The summed E-state index contributed by atoms with van der Waals surface area (Å²) in [4.78, 5) is 0. The van der Waals surface area contributed by atoms with Gasteiger partial charge in [-0.15, -0.1) is 0 Å². The van der Waals surface area contributed by atoms with E-state index in [9.17, 15) is 13.2 Å². The summed E-state index contributed by atoms with van der Waals surface area (Å²) >= 11 is 0. The topological polar surface area (TPSA) is 0 Å². The van der Waals surface area contributed by atoms with Gasteiger partial charge in [0.1, 0.15) is 0 Å². The first-order valence-corrected chi connectivity index (χ1v) is 9.04. The van der Waals surface area contributed by atoms with Gasteiger partial charge in [0.25, 0.3) is 0 Å². The highest BCUT2D eigenvalue weighted by atomic mass is 19.4. The molecule has 0 heterocycles. The largest absolute Gasteiger partial charge is 0.394 e. The van der Waals surface area contributed by atoms with Crippen molar-refractivity contribution < 1.29 is 13.2 Å². The Labute approximate surface area is 128 Å². The molecule has 1 rings (SSSR count). The lowest BCUT2D eigenvalue weighted by atomic mass is 9.80. The van der Waals surface area contributed by atoms with E-state index in [-0.39, 0.29) is 5.92 Å². The zero-order valence-corrected chi connectivity index (χ0v) is 13.9. The maximum atomic E-state index is 13.4. The molecule has 0 N–H and O–H groups in total. The van der Waals surface area contributed by atoms with Crippen molar-refractivity contribution in [2.24, 2.45) is 11.3 Å². The number of alkyl halides is 3. The molecule has 0 saturated heterocycles. The summed E-state index contributed by atoms with van der Waals surface area (Å²) in [6.07, 6.45) is 8.39. The third-order valence-electron chi connectivity index (χ3n) is 5.20. The van der Waals surface area contributed by atoms with Crippen molar-refractivity contribution in [1.29, 1.82) is 0 Å². The van der Waals surface area contributed by atoms with Gasteiger partial charge in [-0.3, -0.25) is 0 Å². The summed E-state index contributed by atoms with van der Waals surface area (Å²) in [5, 5.41) is 0. The predicted molar refractivity (Wildman–Crippen MR) is 83.3 cm³/mol. The average Bonchev–Trinajstić information content (AvgIpc) is 3.22. The monoisotopic (exact) mass is 306 g/mol. The van der Waals surface area contributed by atoms with Crippen LogP contribution in [0.15, 0.2) is 0 Å². The molecule has 0 aromatic rings. The highest BCUT2D eigenvalue weighted by Crippen LogP contribution is 2.64. The zero-order chi connectivity index (χ0) is 15.8. The summed E-state index contributed by atoms with van der Waals surface area (Å²) in [5.41, 5.74) is -1.30. The minimum atomic E-state index is -3.98. The number of hydrogen-bond donors (Lipinski definition) is 0. The van der Waals surface area contributed by atoms with Crippen LogP contribution in [0.4, 0.5) is 13.2 Å². The van der Waals surface area contributed by atoms with Gasteiger partial charge in [0.2, 0.25) is 0 Å². The van der Waals surface area contributed by atoms with Gasteiger partial charge in [-0.2, -0.15) is 13.2 Å². The fraction of sp³-hybridized carbons (Fsp3) is 1.00. The maximum absolute atomic E-state index is 13.4. The van der Waals surface area contributed by atoms with E-state index in [2.05, 4.69) is 13.8 Å². The Hall–Kier alpha value is -0.210. The van der Waals surface area contributed by atoms with Crippen molar-refractivity contribution in [2.75, 3.05) is 0 Å². The first-order valence-electron chi connectivity index (χ1n) is 9.04. The molecule has 0 nitrogen and oxygen atoms in total. The highest BCUT2D eigenvalue weighted by Gasteiger charge is 2.66. The van der Waals surface area contributed by atoms with Gasteiger partial charge < -0.3 is 0 Å². The molecule has 21 heavy (non-hydrogen) atoms. The van der Waals surface area contributed by atoms with Crippen LogP contribution in [0.2, 0.25) is 0 Å². The Morgan fingerprint density at radius 2 is 1.19 bits per heavy atom. The van der Waals surface area contributed by atoms with Crippen LogP contribution in [-0.4, -0.2) is 6.18 Å². The number of unbranched alkanes of at least 4 members (excludes halogenated alkanes) is 7. The van der Waals surface area contributed by atoms with Crippen molar-refractivity contribution >= 4 is 0 Å². The molecule has 1 unspecified atom stereocenters. The van der Waals surface area contributed by atoms with E-state index in [1.54, 1.807) is 0 Å². The van der Waals surface area contributed by atoms with Gasteiger partial charge in [-0.25, -0.2) is 0 Å². The third-order valence-corrected chi connectivity index (χ3v) is 5.20. The smallest absolute Gasteiger partial charge is 0.170 e. The summed E-state index contributed by atoms with van der Waals surface area (Å²) in [6, 6.07) is 0. The van der Waals surface area contributed by atoms with E-state index in [0.717, 1.165) is 51.4 Å². The first-order chi connectivity index (χ1) is 9.98. The number of hydrogen-bond acceptors (Lipinski definition) is 0. The fourth-order valence-corrected chi connectivity index (χ4v) is 3.57. The quantitative estimate of drug-likeness (QED) is 0.332. The standard InChI is InChI=1S/C18H33F3/c1-3-5-7-9-11-13-16(12-10-8-6-4-2)17(14-15-17)18(19,20)21/h16H,3-15H2,1-2H3. The first kappa shape index (κ1) is 18.8. The van der Waals surface area contributed by atoms with Gasteiger partial charge in [-0.05, 0) is 31.6 Å². The van der Waals surface area contributed by atoms with E-state index in [1.807, 2.05) is 0 Å². The normalized spacial score (nSPS) is 18.7. The average molecular weight is 306 g/mol. The molecular formula is C18H33F3. The van der Waals surface area contributed by atoms with Gasteiger partial charge in [0.05, 0.1) is 5.41 Å². The van der Waals surface area contributed by atoms with E-state index < -0.39 is 11.6 Å². The summed E-state index contributed by atoms with van der Waals surface area (Å²) in [6.45, 7) is 4.31. The molecule has 0 amide bonds. The minimum absolute atomic E-state index is 0.115. The second kappa shape index (κ2) is 9.05. The Balaban J connectivity index is 2.43. The van der Waals surface area contributed by atoms with Crippen molar-refractivity contribution in [3.8, 4) is 0 Å². The van der Waals surface area contributed by atoms with Gasteiger partial charge in [0, 0.05) is 0 Å². The molecule has 126 valence electrons. The molecule has 1 fully saturated rings. The molecule has 1 atom stereocenters. The molecule has 0 aliphatic heterocycles. The van der Waals surface area contributed by atoms with Crippen LogP contribution in [-0.2, 0) is 0 Å². The molecule has 0 radical (unpaired) electrons. The van der Waals surface area contributed by atoms with Gasteiger partial charge in [-0.1, -0.05) is 71.6 Å². The van der Waals surface area contributed by atoms with Crippen LogP contribution in [0.25, 0.3) is 0 Å². The van der Waals surface area contributed by atoms with Crippen molar-refractivity contribution in [2.45, 2.75) is 103 Å². The Morgan fingerprint density at radius 3 is 1.57 bits per heavy atom. The van der Waals surface area contributed by atoms with Crippen LogP contribution in [0, 0.1) is 11.3 Å². The lowest BCUT2D eigenvalue weighted by Gasteiger charge is -2.29. The summed E-state index contributed by atoms with van der Waals surface area (Å²) < 4.78 is 40.1. The Kier molecular flexibility index (Phi) is 8.12. The lowest BCUT2D eigenvalue weighted by Crippen LogP contribution is -2.32. The zero-order valence-electron chi connectivity index (χ0n) is 13.9. The summed E-state index contributed by atoms with van der Waals surface area (Å²) in [5.74, 6) is -0.115. The molecule has 0 aromatic heterocycles. The number of halogens is 3. The van der Waals surface area contributed by atoms with Crippen molar-refractivity contribution in [1.82, 2.24) is 0 Å². The van der Waals surface area contributed by atoms with Gasteiger partial charge >= 0.3 is 6.18 Å². The summed E-state index contributed by atoms with van der Waals surface area (Å²) in [7, 11) is 0. The molecule has 3 heteroatoms. The van der Waals surface area contributed by atoms with Gasteiger partial charge in [0.15, 0.2) is 0 Å². The molecule has 0 spiro atoms. The van der Waals surface area contributed by atoms with Crippen LogP contribution in [0.5, 0.6) is 0 Å². The van der Waals surface area contributed by atoms with E-state index >= 15 is 0 Å². The minimum Gasteiger partial charge on any atom is -0.170 e. The molecule has 1 aliphatic carbocycles. The third kappa shape index (κ3) is 5.83. The number of rotatable bonds is 12. The maximum Gasteiger partial charge on any atom is 0.394 e. The van der Waals surface area contributed by atoms with Crippen LogP contribution in [0.1, 0.15) is 97.3 Å². The van der Waals surface area contributed by atoms with E-state index in [0.29, 0.717) is 12.8 Å². The molecule has 1 saturated carbocycles. The van der Waals surface area contributed by atoms with E-state index in [1.165, 1.54) is 19.3 Å². The predicted octanol–water partition coefficient (Wildman–Crippen LogP) is 7.28. The second-order valence-electron chi connectivity index (χ2n) is 6.90. The Morgan fingerprint density at radius 1 is 0.762 bits per heavy atom. The lowest BCUT2D eigenvalue weighted by molar-refractivity contribution is -0.204.